The van der Waals surface area contributed by atoms with E-state index in [4.69, 9.17) is 4.74 Å². The van der Waals surface area contributed by atoms with E-state index in [1.165, 1.54) is 5.56 Å². The van der Waals surface area contributed by atoms with Gasteiger partial charge in [0.1, 0.15) is 5.75 Å². The van der Waals surface area contributed by atoms with Gasteiger partial charge < -0.3 is 15.0 Å². The fourth-order valence-electron chi connectivity index (χ4n) is 2.78. The molecule has 1 heterocycles. The molecule has 0 radical (unpaired) electrons. The van der Waals surface area contributed by atoms with Crippen LogP contribution in [0.1, 0.15) is 39.2 Å². The third-order valence-corrected chi connectivity index (χ3v) is 4.52. The van der Waals surface area contributed by atoms with Gasteiger partial charge in [0, 0.05) is 6.54 Å². The monoisotopic (exact) mass is 318 g/mol. The van der Waals surface area contributed by atoms with Gasteiger partial charge in [-0.25, -0.2) is 0 Å². The highest BCUT2D eigenvalue weighted by Gasteiger charge is 2.17. The molecule has 1 aliphatic rings. The Morgan fingerprint density at radius 2 is 1.83 bits per heavy atom. The molecule has 0 aromatic heterocycles. The first-order valence-electron chi connectivity index (χ1n) is 8.53. The van der Waals surface area contributed by atoms with E-state index in [9.17, 15) is 4.79 Å². The second kappa shape index (κ2) is 7.82. The third kappa shape index (κ3) is 5.87. The van der Waals surface area contributed by atoms with Crippen LogP contribution in [0.25, 0.3) is 0 Å². The molecule has 4 nitrogen and oxygen atoms in total. The first-order valence-corrected chi connectivity index (χ1v) is 8.53. The standard InChI is InChI=1S/C19H30N2O2/c1-19(2,3)16-5-7-17(8-6-16)23-14-18(22)20-13-15-9-11-21(4)12-10-15/h5-8,15H,9-14H2,1-4H3,(H,20,22). The molecular weight excluding hydrogens is 288 g/mol. The van der Waals surface area contributed by atoms with E-state index in [0.717, 1.165) is 38.2 Å². The lowest BCUT2D eigenvalue weighted by molar-refractivity contribution is -0.123. The van der Waals surface area contributed by atoms with E-state index in [1.807, 2.05) is 12.1 Å². The lowest BCUT2D eigenvalue weighted by Crippen LogP contribution is -2.38. The van der Waals surface area contributed by atoms with Gasteiger partial charge in [-0.2, -0.15) is 0 Å². The van der Waals surface area contributed by atoms with Crippen molar-refractivity contribution in [2.75, 3.05) is 33.3 Å². The molecular formula is C19H30N2O2. The number of rotatable bonds is 5. The molecule has 1 saturated heterocycles. The third-order valence-electron chi connectivity index (χ3n) is 4.52. The van der Waals surface area contributed by atoms with Gasteiger partial charge in [0.2, 0.25) is 0 Å². The number of piperidine rings is 1. The number of nitrogens with one attached hydrogen (secondary N) is 1. The number of ether oxygens (including phenoxy) is 1. The summed E-state index contributed by atoms with van der Waals surface area (Å²) in [5.74, 6) is 1.30. The molecule has 4 heteroatoms. The number of hydrogen-bond acceptors (Lipinski definition) is 3. The van der Waals surface area contributed by atoms with Crippen molar-refractivity contribution in [3.05, 3.63) is 29.8 Å². The predicted octanol–water partition coefficient (Wildman–Crippen LogP) is 2.82. The van der Waals surface area contributed by atoms with Crippen molar-refractivity contribution in [3.8, 4) is 5.75 Å². The average molecular weight is 318 g/mol. The molecule has 1 amide bonds. The summed E-state index contributed by atoms with van der Waals surface area (Å²) < 4.78 is 5.57. The van der Waals surface area contributed by atoms with Crippen molar-refractivity contribution in [3.63, 3.8) is 0 Å². The molecule has 128 valence electrons. The zero-order valence-electron chi connectivity index (χ0n) is 14.9. The minimum atomic E-state index is -0.0381. The first kappa shape index (κ1) is 17.8. The van der Waals surface area contributed by atoms with Gasteiger partial charge in [-0.1, -0.05) is 32.9 Å². The Morgan fingerprint density at radius 3 is 2.39 bits per heavy atom. The Bertz CT molecular complexity index is 497. The van der Waals surface area contributed by atoms with Crippen LogP contribution in [0.2, 0.25) is 0 Å². The minimum Gasteiger partial charge on any atom is -0.484 e. The quantitative estimate of drug-likeness (QED) is 0.908. The van der Waals surface area contributed by atoms with Crippen molar-refractivity contribution in [1.82, 2.24) is 10.2 Å². The van der Waals surface area contributed by atoms with Crippen LogP contribution in [-0.2, 0) is 10.2 Å². The molecule has 0 bridgehead atoms. The Balaban J connectivity index is 1.70. The molecule has 0 aliphatic carbocycles. The summed E-state index contributed by atoms with van der Waals surface area (Å²) in [7, 11) is 2.15. The number of hydrogen-bond donors (Lipinski definition) is 1. The highest BCUT2D eigenvalue weighted by molar-refractivity contribution is 5.77. The van der Waals surface area contributed by atoms with Crippen molar-refractivity contribution in [2.24, 2.45) is 5.92 Å². The van der Waals surface area contributed by atoms with Crippen LogP contribution in [0.3, 0.4) is 0 Å². The largest absolute Gasteiger partial charge is 0.484 e. The van der Waals surface area contributed by atoms with E-state index in [0.29, 0.717) is 5.92 Å². The Morgan fingerprint density at radius 1 is 1.22 bits per heavy atom. The first-order chi connectivity index (χ1) is 10.8. The highest BCUT2D eigenvalue weighted by atomic mass is 16.5. The summed E-state index contributed by atoms with van der Waals surface area (Å²) in [6, 6.07) is 7.99. The zero-order valence-corrected chi connectivity index (χ0v) is 14.9. The van der Waals surface area contributed by atoms with Gasteiger partial charge in [-0.05, 0) is 62.0 Å². The summed E-state index contributed by atoms with van der Waals surface area (Å²) in [4.78, 5) is 14.2. The van der Waals surface area contributed by atoms with Gasteiger partial charge in [0.05, 0.1) is 0 Å². The molecule has 0 spiro atoms. The highest BCUT2D eigenvalue weighted by Crippen LogP contribution is 2.24. The predicted molar refractivity (Wildman–Crippen MR) is 93.9 cm³/mol. The van der Waals surface area contributed by atoms with Crippen LogP contribution < -0.4 is 10.1 Å². The van der Waals surface area contributed by atoms with Crippen molar-refractivity contribution in [2.45, 2.75) is 39.0 Å². The van der Waals surface area contributed by atoms with Gasteiger partial charge in [0.25, 0.3) is 5.91 Å². The average Bonchev–Trinajstić information content (AvgIpc) is 2.52. The Kier molecular flexibility index (Phi) is 6.05. The van der Waals surface area contributed by atoms with Gasteiger partial charge in [-0.15, -0.1) is 0 Å². The maximum Gasteiger partial charge on any atom is 0.257 e. The van der Waals surface area contributed by atoms with Crippen molar-refractivity contribution < 1.29 is 9.53 Å². The van der Waals surface area contributed by atoms with Gasteiger partial charge in [0.15, 0.2) is 6.61 Å². The second-order valence-electron chi connectivity index (χ2n) is 7.61. The Hall–Kier alpha value is -1.55. The molecule has 23 heavy (non-hydrogen) atoms. The van der Waals surface area contributed by atoms with Crippen molar-refractivity contribution >= 4 is 5.91 Å². The summed E-state index contributed by atoms with van der Waals surface area (Å²) in [5, 5.41) is 2.99. The molecule has 0 atom stereocenters. The molecule has 1 aromatic rings. The molecule has 2 rings (SSSR count). The number of nitrogens with zero attached hydrogens (tertiary/aromatic N) is 1. The molecule has 1 N–H and O–H groups in total. The normalized spacial score (nSPS) is 17.0. The SMILES string of the molecule is CN1CCC(CNC(=O)COc2ccc(C(C)(C)C)cc2)CC1. The van der Waals surface area contributed by atoms with Crippen LogP contribution in [0.5, 0.6) is 5.75 Å². The number of carbonyl (C=O) groups excluding carboxylic acids is 1. The molecule has 0 unspecified atom stereocenters. The maximum atomic E-state index is 11.9. The minimum absolute atomic E-state index is 0.0381. The van der Waals surface area contributed by atoms with E-state index < -0.39 is 0 Å². The number of benzene rings is 1. The van der Waals surface area contributed by atoms with Gasteiger partial charge >= 0.3 is 0 Å². The smallest absolute Gasteiger partial charge is 0.257 e. The van der Waals surface area contributed by atoms with Crippen LogP contribution in [0, 0.1) is 5.92 Å². The lowest BCUT2D eigenvalue weighted by atomic mass is 9.87. The zero-order chi connectivity index (χ0) is 16.9. The number of amides is 1. The van der Waals surface area contributed by atoms with Crippen LogP contribution >= 0.6 is 0 Å². The summed E-state index contributed by atoms with van der Waals surface area (Å²) >= 11 is 0. The van der Waals surface area contributed by atoms with Crippen LogP contribution in [0.4, 0.5) is 0 Å². The maximum absolute atomic E-state index is 11.9. The summed E-state index contributed by atoms with van der Waals surface area (Å²) in [6.45, 7) is 9.63. The molecule has 1 fully saturated rings. The van der Waals surface area contributed by atoms with E-state index in [2.05, 4.69) is 50.2 Å². The number of carbonyl (C=O) groups is 1. The second-order valence-corrected chi connectivity index (χ2v) is 7.61. The summed E-state index contributed by atoms with van der Waals surface area (Å²) in [5.41, 5.74) is 1.39. The molecule has 0 saturated carbocycles. The fourth-order valence-corrected chi connectivity index (χ4v) is 2.78. The van der Waals surface area contributed by atoms with Crippen LogP contribution in [0.15, 0.2) is 24.3 Å². The van der Waals surface area contributed by atoms with Crippen molar-refractivity contribution in [1.29, 1.82) is 0 Å². The van der Waals surface area contributed by atoms with Gasteiger partial charge in [-0.3, -0.25) is 4.79 Å². The van der Waals surface area contributed by atoms with Crippen LogP contribution in [-0.4, -0.2) is 44.1 Å². The van der Waals surface area contributed by atoms with E-state index in [1.54, 1.807) is 0 Å². The number of likely N-dealkylation sites (tertiary alicyclic amines) is 1. The summed E-state index contributed by atoms with van der Waals surface area (Å²) in [6.07, 6.45) is 2.32. The molecule has 1 aliphatic heterocycles. The lowest BCUT2D eigenvalue weighted by Gasteiger charge is -2.28. The fraction of sp³-hybridized carbons (Fsp3) is 0.632. The van der Waals surface area contributed by atoms with E-state index >= 15 is 0 Å². The Labute approximate surface area is 140 Å². The topological polar surface area (TPSA) is 41.6 Å². The van der Waals surface area contributed by atoms with E-state index in [-0.39, 0.29) is 17.9 Å². The molecule has 1 aromatic carbocycles.